The molecular formula is C7H10S3. The molecule has 0 saturated heterocycles. The van der Waals surface area contributed by atoms with Gasteiger partial charge in [0.05, 0.1) is 0 Å². The lowest BCUT2D eigenvalue weighted by Crippen LogP contribution is -1.69. The van der Waals surface area contributed by atoms with Gasteiger partial charge in [0.2, 0.25) is 0 Å². The molecule has 0 aliphatic rings. The van der Waals surface area contributed by atoms with Gasteiger partial charge >= 0.3 is 0 Å². The first kappa shape index (κ1) is 8.50. The van der Waals surface area contributed by atoms with E-state index >= 15 is 0 Å². The van der Waals surface area contributed by atoms with Crippen LogP contribution in [0.2, 0.25) is 0 Å². The summed E-state index contributed by atoms with van der Waals surface area (Å²) in [5, 5.41) is 2.22. The summed E-state index contributed by atoms with van der Waals surface area (Å²) in [6, 6.07) is 0. The Kier molecular flexibility index (Phi) is 3.14. The van der Waals surface area contributed by atoms with E-state index < -0.39 is 0 Å². The van der Waals surface area contributed by atoms with Crippen LogP contribution in [-0.2, 0) is 0 Å². The van der Waals surface area contributed by atoms with Crippen LogP contribution in [-0.4, -0.2) is 6.26 Å². The molecule has 0 bridgehead atoms. The normalized spacial score (nSPS) is 10.3. The number of hydrogen-bond acceptors (Lipinski definition) is 3. The van der Waals surface area contributed by atoms with Crippen molar-refractivity contribution in [1.82, 2.24) is 0 Å². The van der Waals surface area contributed by atoms with Crippen molar-refractivity contribution in [2.75, 3.05) is 6.26 Å². The molecule has 0 unspecified atom stereocenters. The standard InChI is InChI=1S/C7H10S3/c1-5-4-9-6(2)7(5)10-8-3/h4H,1-3H3. The van der Waals surface area contributed by atoms with Crippen LogP contribution in [0.1, 0.15) is 10.4 Å². The largest absolute Gasteiger partial charge is 0.148 e. The van der Waals surface area contributed by atoms with E-state index in [2.05, 4.69) is 25.5 Å². The molecule has 0 amide bonds. The third-order valence-corrected chi connectivity index (χ3v) is 4.38. The summed E-state index contributed by atoms with van der Waals surface area (Å²) in [5.74, 6) is 0. The van der Waals surface area contributed by atoms with Gasteiger partial charge in [-0.15, -0.1) is 11.3 Å². The zero-order chi connectivity index (χ0) is 7.56. The lowest BCUT2D eigenvalue weighted by Gasteiger charge is -1.95. The zero-order valence-corrected chi connectivity index (χ0v) is 8.75. The molecule has 1 rings (SSSR count). The summed E-state index contributed by atoms with van der Waals surface area (Å²) in [5.41, 5.74) is 1.42. The van der Waals surface area contributed by atoms with Crippen molar-refractivity contribution in [3.63, 3.8) is 0 Å². The number of aryl methyl sites for hydroxylation is 2. The Balaban J connectivity index is 2.87. The molecule has 1 aromatic rings. The van der Waals surface area contributed by atoms with Crippen LogP contribution in [0.3, 0.4) is 0 Å². The molecule has 0 aliphatic heterocycles. The van der Waals surface area contributed by atoms with Crippen LogP contribution in [0.15, 0.2) is 10.3 Å². The van der Waals surface area contributed by atoms with E-state index in [1.54, 1.807) is 0 Å². The van der Waals surface area contributed by atoms with E-state index in [0.29, 0.717) is 0 Å². The molecule has 56 valence electrons. The molecule has 0 spiro atoms. The van der Waals surface area contributed by atoms with Gasteiger partial charge in [-0.1, -0.05) is 21.6 Å². The first-order chi connectivity index (χ1) is 4.75. The van der Waals surface area contributed by atoms with Crippen molar-refractivity contribution in [1.29, 1.82) is 0 Å². The fourth-order valence-electron chi connectivity index (χ4n) is 0.769. The Hall–Kier alpha value is 0.400. The van der Waals surface area contributed by atoms with Gasteiger partial charge in [-0.05, 0) is 31.0 Å². The average molecular weight is 190 g/mol. The maximum absolute atomic E-state index is 2.22. The number of hydrogen-bond donors (Lipinski definition) is 0. The molecular weight excluding hydrogens is 180 g/mol. The molecule has 0 aliphatic carbocycles. The lowest BCUT2D eigenvalue weighted by molar-refractivity contribution is 1.32. The zero-order valence-electron chi connectivity index (χ0n) is 6.30. The van der Waals surface area contributed by atoms with Crippen molar-refractivity contribution in [3.05, 3.63) is 15.8 Å². The number of rotatable bonds is 2. The minimum absolute atomic E-state index is 1.42. The first-order valence-corrected chi connectivity index (χ1v) is 6.45. The van der Waals surface area contributed by atoms with Crippen LogP contribution in [0.4, 0.5) is 0 Å². The second-order valence-electron chi connectivity index (χ2n) is 2.05. The second kappa shape index (κ2) is 3.69. The van der Waals surface area contributed by atoms with E-state index in [9.17, 15) is 0 Å². The summed E-state index contributed by atoms with van der Waals surface area (Å²) in [7, 11) is 3.67. The van der Waals surface area contributed by atoms with E-state index in [1.165, 1.54) is 15.3 Å². The van der Waals surface area contributed by atoms with Gasteiger partial charge < -0.3 is 0 Å². The Morgan fingerprint density at radius 3 is 2.50 bits per heavy atom. The van der Waals surface area contributed by atoms with Crippen LogP contribution in [0.5, 0.6) is 0 Å². The van der Waals surface area contributed by atoms with Crippen LogP contribution in [0.25, 0.3) is 0 Å². The average Bonchev–Trinajstić information content (AvgIpc) is 2.20. The Morgan fingerprint density at radius 2 is 2.10 bits per heavy atom. The quantitative estimate of drug-likeness (QED) is 0.652. The SMILES string of the molecule is CSSc1c(C)csc1C. The van der Waals surface area contributed by atoms with Gasteiger partial charge in [-0.3, -0.25) is 0 Å². The van der Waals surface area contributed by atoms with Gasteiger partial charge in [0.25, 0.3) is 0 Å². The molecule has 0 aromatic carbocycles. The Bertz CT molecular complexity index is 195. The van der Waals surface area contributed by atoms with Crippen molar-refractivity contribution in [2.45, 2.75) is 18.7 Å². The molecule has 0 saturated carbocycles. The third kappa shape index (κ3) is 1.71. The fourth-order valence-corrected chi connectivity index (χ4v) is 3.75. The predicted molar refractivity (Wildman–Crippen MR) is 53.2 cm³/mol. The molecule has 3 heteroatoms. The Labute approximate surface area is 73.8 Å². The highest BCUT2D eigenvalue weighted by Gasteiger charge is 2.03. The van der Waals surface area contributed by atoms with Gasteiger partial charge in [0.15, 0.2) is 0 Å². The molecule has 0 fully saturated rings. The Morgan fingerprint density at radius 1 is 1.40 bits per heavy atom. The molecule has 0 atom stereocenters. The highest BCUT2D eigenvalue weighted by atomic mass is 33.1. The summed E-state index contributed by atoms with van der Waals surface area (Å²) in [6.07, 6.45) is 2.11. The summed E-state index contributed by atoms with van der Waals surface area (Å²) >= 11 is 1.84. The second-order valence-corrected chi connectivity index (χ2v) is 5.55. The van der Waals surface area contributed by atoms with E-state index in [4.69, 9.17) is 0 Å². The predicted octanol–water partition coefficient (Wildman–Crippen LogP) is 3.74. The van der Waals surface area contributed by atoms with Gasteiger partial charge in [0, 0.05) is 9.77 Å². The summed E-state index contributed by atoms with van der Waals surface area (Å²) in [4.78, 5) is 2.90. The molecule has 0 radical (unpaired) electrons. The summed E-state index contributed by atoms with van der Waals surface area (Å²) in [6.45, 7) is 4.35. The fraction of sp³-hybridized carbons (Fsp3) is 0.429. The molecule has 1 aromatic heterocycles. The highest BCUT2D eigenvalue weighted by molar-refractivity contribution is 8.76. The van der Waals surface area contributed by atoms with Crippen molar-refractivity contribution in [2.24, 2.45) is 0 Å². The van der Waals surface area contributed by atoms with Crippen LogP contribution >= 0.6 is 32.9 Å². The molecule has 10 heavy (non-hydrogen) atoms. The smallest absolute Gasteiger partial charge is 0.0348 e. The van der Waals surface area contributed by atoms with Gasteiger partial charge in [-0.25, -0.2) is 0 Å². The maximum Gasteiger partial charge on any atom is 0.0348 e. The van der Waals surface area contributed by atoms with Gasteiger partial charge in [0.1, 0.15) is 0 Å². The van der Waals surface area contributed by atoms with Crippen LogP contribution in [0, 0.1) is 13.8 Å². The van der Waals surface area contributed by atoms with Gasteiger partial charge in [-0.2, -0.15) is 0 Å². The lowest BCUT2D eigenvalue weighted by atomic mass is 10.3. The summed E-state index contributed by atoms with van der Waals surface area (Å²) < 4.78 is 0. The van der Waals surface area contributed by atoms with Crippen molar-refractivity contribution in [3.8, 4) is 0 Å². The maximum atomic E-state index is 2.22. The van der Waals surface area contributed by atoms with E-state index in [-0.39, 0.29) is 0 Å². The topological polar surface area (TPSA) is 0 Å². The van der Waals surface area contributed by atoms with Crippen molar-refractivity contribution < 1.29 is 0 Å². The third-order valence-electron chi connectivity index (χ3n) is 1.26. The van der Waals surface area contributed by atoms with Crippen LogP contribution < -0.4 is 0 Å². The van der Waals surface area contributed by atoms with E-state index in [1.807, 2.05) is 32.9 Å². The minimum atomic E-state index is 1.42. The number of thiophene rings is 1. The molecule has 0 nitrogen and oxygen atoms in total. The monoisotopic (exact) mass is 190 g/mol. The van der Waals surface area contributed by atoms with Crippen molar-refractivity contribution >= 4 is 32.9 Å². The minimum Gasteiger partial charge on any atom is -0.148 e. The highest BCUT2D eigenvalue weighted by Crippen LogP contribution is 2.36. The first-order valence-electron chi connectivity index (χ1n) is 3.01. The molecule has 0 N–H and O–H groups in total. The van der Waals surface area contributed by atoms with E-state index in [0.717, 1.165) is 0 Å². The molecule has 1 heterocycles.